The molecule has 1 aromatic carbocycles. The Hall–Kier alpha value is -0.570. The maximum absolute atomic E-state index is 9.74. The molecule has 0 spiro atoms. The van der Waals surface area contributed by atoms with Gasteiger partial charge in [-0.1, -0.05) is 37.1 Å². The summed E-state index contributed by atoms with van der Waals surface area (Å²) in [7, 11) is 0. The highest BCUT2D eigenvalue weighted by molar-refractivity contribution is 6.30. The minimum Gasteiger partial charge on any atom is -0.389 e. The average Bonchev–Trinajstić information content (AvgIpc) is 2.24. The fraction of sp³-hybridized carbons (Fsp3) is 0.571. The van der Waals surface area contributed by atoms with Crippen molar-refractivity contribution in [1.82, 2.24) is 5.32 Å². The molecule has 0 heterocycles. The first-order chi connectivity index (χ1) is 7.92. The van der Waals surface area contributed by atoms with Gasteiger partial charge in [0.1, 0.15) is 0 Å². The zero-order chi connectivity index (χ0) is 12.9. The summed E-state index contributed by atoms with van der Waals surface area (Å²) in [6.45, 7) is 6.37. The molecule has 0 aliphatic heterocycles. The number of hydrogen-bond donors (Lipinski definition) is 2. The van der Waals surface area contributed by atoms with E-state index in [0.717, 1.165) is 17.9 Å². The zero-order valence-corrected chi connectivity index (χ0v) is 11.6. The highest BCUT2D eigenvalue weighted by Gasteiger charge is 2.16. The van der Waals surface area contributed by atoms with E-state index in [0.29, 0.717) is 6.54 Å². The summed E-state index contributed by atoms with van der Waals surface area (Å²) < 4.78 is 0. The van der Waals surface area contributed by atoms with Crippen molar-refractivity contribution in [3.05, 3.63) is 34.9 Å². The summed E-state index contributed by atoms with van der Waals surface area (Å²) in [5.74, 6) is 0. The second-order valence-electron chi connectivity index (χ2n) is 5.09. The van der Waals surface area contributed by atoms with Gasteiger partial charge in [0, 0.05) is 17.6 Å². The van der Waals surface area contributed by atoms with Gasteiger partial charge in [-0.15, -0.1) is 0 Å². The van der Waals surface area contributed by atoms with Gasteiger partial charge < -0.3 is 10.4 Å². The smallest absolute Gasteiger partial charge is 0.0715 e. The Morgan fingerprint density at radius 2 is 1.88 bits per heavy atom. The van der Waals surface area contributed by atoms with Crippen molar-refractivity contribution < 1.29 is 5.11 Å². The zero-order valence-electron chi connectivity index (χ0n) is 10.8. The summed E-state index contributed by atoms with van der Waals surface area (Å²) in [4.78, 5) is 0. The van der Waals surface area contributed by atoms with Gasteiger partial charge in [-0.2, -0.15) is 0 Å². The Labute approximate surface area is 109 Å². The molecule has 17 heavy (non-hydrogen) atoms. The third-order valence-corrected chi connectivity index (χ3v) is 2.88. The van der Waals surface area contributed by atoms with Crippen molar-refractivity contribution in [2.75, 3.05) is 6.54 Å². The van der Waals surface area contributed by atoms with Crippen LogP contribution in [0.5, 0.6) is 0 Å². The molecule has 2 nitrogen and oxygen atoms in total. The lowest BCUT2D eigenvalue weighted by atomic mass is 10.0. The van der Waals surface area contributed by atoms with Gasteiger partial charge in [0.05, 0.1) is 5.60 Å². The molecule has 1 atom stereocenters. The molecule has 1 rings (SSSR count). The monoisotopic (exact) mass is 255 g/mol. The molecule has 2 N–H and O–H groups in total. The topological polar surface area (TPSA) is 32.3 Å². The van der Waals surface area contributed by atoms with E-state index in [1.807, 2.05) is 38.1 Å². The summed E-state index contributed by atoms with van der Waals surface area (Å²) >= 11 is 5.88. The molecule has 3 heteroatoms. The summed E-state index contributed by atoms with van der Waals surface area (Å²) in [5.41, 5.74) is 0.541. The van der Waals surface area contributed by atoms with Crippen LogP contribution in [0.15, 0.2) is 24.3 Å². The largest absolute Gasteiger partial charge is 0.389 e. The van der Waals surface area contributed by atoms with Crippen molar-refractivity contribution in [1.29, 1.82) is 0 Å². The SMILES string of the molecule is CCCC(NCC(C)(C)O)c1ccc(Cl)cc1. The Balaban J connectivity index is 2.68. The van der Waals surface area contributed by atoms with E-state index in [-0.39, 0.29) is 6.04 Å². The number of rotatable bonds is 6. The Morgan fingerprint density at radius 1 is 1.29 bits per heavy atom. The Morgan fingerprint density at radius 3 is 2.35 bits per heavy atom. The van der Waals surface area contributed by atoms with Gasteiger partial charge in [0.2, 0.25) is 0 Å². The number of aliphatic hydroxyl groups is 1. The minimum atomic E-state index is -0.682. The highest BCUT2D eigenvalue weighted by atomic mass is 35.5. The molecule has 0 fully saturated rings. The predicted octanol–water partition coefficient (Wildman–Crippen LogP) is 3.54. The van der Waals surface area contributed by atoms with Crippen molar-refractivity contribution in [2.24, 2.45) is 0 Å². The number of halogens is 1. The maximum Gasteiger partial charge on any atom is 0.0715 e. The Kier molecular flexibility index (Phi) is 5.44. The normalized spacial score (nSPS) is 13.7. The van der Waals surface area contributed by atoms with Crippen LogP contribution in [0.4, 0.5) is 0 Å². The van der Waals surface area contributed by atoms with Crippen LogP contribution in [0.1, 0.15) is 45.2 Å². The van der Waals surface area contributed by atoms with E-state index >= 15 is 0 Å². The number of hydrogen-bond acceptors (Lipinski definition) is 2. The molecule has 0 aliphatic carbocycles. The predicted molar refractivity (Wildman–Crippen MR) is 73.4 cm³/mol. The second kappa shape index (κ2) is 6.39. The van der Waals surface area contributed by atoms with Crippen molar-refractivity contribution >= 4 is 11.6 Å². The molecule has 0 radical (unpaired) electrons. The van der Waals surface area contributed by atoms with Crippen LogP contribution in [0, 0.1) is 0 Å². The molecule has 0 bridgehead atoms. The molecule has 96 valence electrons. The van der Waals surface area contributed by atoms with Crippen LogP contribution in [0.2, 0.25) is 5.02 Å². The van der Waals surface area contributed by atoms with E-state index in [1.165, 1.54) is 5.56 Å². The standard InChI is InChI=1S/C14H22ClNO/c1-4-5-13(16-10-14(2,3)17)11-6-8-12(15)9-7-11/h6-9,13,16-17H,4-5,10H2,1-3H3. The maximum atomic E-state index is 9.74. The van der Waals surface area contributed by atoms with E-state index in [2.05, 4.69) is 12.2 Å². The minimum absolute atomic E-state index is 0.281. The van der Waals surface area contributed by atoms with Gasteiger partial charge in [0.25, 0.3) is 0 Å². The third-order valence-electron chi connectivity index (χ3n) is 2.63. The first-order valence-corrected chi connectivity index (χ1v) is 6.51. The summed E-state index contributed by atoms with van der Waals surface area (Å²) in [5, 5.41) is 13.9. The molecule has 0 aliphatic rings. The number of benzene rings is 1. The van der Waals surface area contributed by atoms with Gasteiger partial charge in [0.15, 0.2) is 0 Å². The highest BCUT2D eigenvalue weighted by Crippen LogP contribution is 2.21. The van der Waals surface area contributed by atoms with Crippen molar-refractivity contribution in [2.45, 2.75) is 45.3 Å². The van der Waals surface area contributed by atoms with E-state index in [4.69, 9.17) is 11.6 Å². The van der Waals surface area contributed by atoms with Crippen LogP contribution in [-0.2, 0) is 0 Å². The number of nitrogens with one attached hydrogen (secondary N) is 1. The lowest BCUT2D eigenvalue weighted by Gasteiger charge is -2.24. The van der Waals surface area contributed by atoms with Gasteiger partial charge in [-0.3, -0.25) is 0 Å². The van der Waals surface area contributed by atoms with Gasteiger partial charge >= 0.3 is 0 Å². The lowest BCUT2D eigenvalue weighted by Crippen LogP contribution is -2.36. The lowest BCUT2D eigenvalue weighted by molar-refractivity contribution is 0.0759. The van der Waals surface area contributed by atoms with Crippen LogP contribution in [0.3, 0.4) is 0 Å². The molecular formula is C14H22ClNO. The summed E-state index contributed by atoms with van der Waals surface area (Å²) in [6, 6.07) is 8.18. The van der Waals surface area contributed by atoms with Crippen molar-refractivity contribution in [3.8, 4) is 0 Å². The average molecular weight is 256 g/mol. The molecule has 0 saturated heterocycles. The summed E-state index contributed by atoms with van der Waals surface area (Å²) in [6.07, 6.45) is 2.16. The quantitative estimate of drug-likeness (QED) is 0.815. The fourth-order valence-corrected chi connectivity index (χ4v) is 1.87. The molecule has 0 amide bonds. The van der Waals surface area contributed by atoms with Crippen molar-refractivity contribution in [3.63, 3.8) is 0 Å². The van der Waals surface area contributed by atoms with Crippen LogP contribution in [-0.4, -0.2) is 17.3 Å². The van der Waals surface area contributed by atoms with Crippen LogP contribution >= 0.6 is 11.6 Å². The van der Waals surface area contributed by atoms with E-state index in [9.17, 15) is 5.11 Å². The van der Waals surface area contributed by atoms with E-state index < -0.39 is 5.60 Å². The van der Waals surface area contributed by atoms with Gasteiger partial charge in [-0.05, 0) is 38.0 Å². The second-order valence-corrected chi connectivity index (χ2v) is 5.52. The molecule has 1 unspecified atom stereocenters. The first kappa shape index (κ1) is 14.5. The molecular weight excluding hydrogens is 234 g/mol. The van der Waals surface area contributed by atoms with Crippen LogP contribution in [0.25, 0.3) is 0 Å². The van der Waals surface area contributed by atoms with Crippen LogP contribution < -0.4 is 5.32 Å². The van der Waals surface area contributed by atoms with Gasteiger partial charge in [-0.25, -0.2) is 0 Å². The van der Waals surface area contributed by atoms with E-state index in [1.54, 1.807) is 0 Å². The first-order valence-electron chi connectivity index (χ1n) is 6.13. The molecule has 0 aromatic heterocycles. The third kappa shape index (κ3) is 5.53. The molecule has 0 saturated carbocycles. The molecule has 1 aromatic rings. The Bertz CT molecular complexity index is 329. The fourth-order valence-electron chi connectivity index (χ4n) is 1.74.